The molecule has 0 aliphatic rings. The van der Waals surface area contributed by atoms with Gasteiger partial charge in [-0.15, -0.1) is 0 Å². The molecule has 0 aliphatic carbocycles. The Morgan fingerprint density at radius 1 is 1.40 bits per heavy atom. The Labute approximate surface area is 86.1 Å². The summed E-state index contributed by atoms with van der Waals surface area (Å²) in [5.74, 6) is -0.287. The van der Waals surface area contributed by atoms with Gasteiger partial charge in [-0.05, 0) is 18.2 Å². The number of nitrogens with zero attached hydrogens (tertiary/aromatic N) is 1. The summed E-state index contributed by atoms with van der Waals surface area (Å²) in [6.45, 7) is 0. The van der Waals surface area contributed by atoms with Crippen LogP contribution in [0.15, 0.2) is 30.5 Å². The predicted molar refractivity (Wildman–Crippen MR) is 55.3 cm³/mol. The molecule has 76 valence electrons. The second-order valence-electron chi connectivity index (χ2n) is 3.05. The van der Waals surface area contributed by atoms with Gasteiger partial charge >= 0.3 is 5.97 Å². The summed E-state index contributed by atoms with van der Waals surface area (Å²) in [4.78, 5) is 15.0. The zero-order valence-electron chi connectivity index (χ0n) is 8.10. The Morgan fingerprint density at radius 3 is 2.87 bits per heavy atom. The van der Waals surface area contributed by atoms with Crippen molar-refractivity contribution in [3.8, 4) is 5.75 Å². The molecule has 2 aromatic rings. The van der Waals surface area contributed by atoms with E-state index < -0.39 is 5.97 Å². The first-order valence-corrected chi connectivity index (χ1v) is 4.38. The molecule has 0 atom stereocenters. The minimum atomic E-state index is -0.951. The average molecular weight is 203 g/mol. The lowest BCUT2D eigenvalue weighted by atomic mass is 10.1. The van der Waals surface area contributed by atoms with Crippen LogP contribution in [0, 0.1) is 0 Å². The Balaban J connectivity index is 2.72. The van der Waals surface area contributed by atoms with E-state index in [1.807, 2.05) is 0 Å². The van der Waals surface area contributed by atoms with E-state index in [1.54, 1.807) is 25.3 Å². The highest BCUT2D eigenvalue weighted by Gasteiger charge is 2.08. The van der Waals surface area contributed by atoms with Crippen LogP contribution in [0.5, 0.6) is 5.75 Å². The first-order chi connectivity index (χ1) is 7.22. The third-order valence-corrected chi connectivity index (χ3v) is 2.18. The van der Waals surface area contributed by atoms with E-state index >= 15 is 0 Å². The molecular weight excluding hydrogens is 194 g/mol. The van der Waals surface area contributed by atoms with Gasteiger partial charge in [0, 0.05) is 17.6 Å². The van der Waals surface area contributed by atoms with E-state index in [-0.39, 0.29) is 5.56 Å². The van der Waals surface area contributed by atoms with Gasteiger partial charge in [0.25, 0.3) is 0 Å². The molecule has 0 spiro atoms. The Kier molecular flexibility index (Phi) is 2.25. The number of aromatic nitrogens is 1. The fourth-order valence-corrected chi connectivity index (χ4v) is 1.44. The van der Waals surface area contributed by atoms with Crippen LogP contribution in [0.1, 0.15) is 10.4 Å². The zero-order chi connectivity index (χ0) is 10.8. The summed E-state index contributed by atoms with van der Waals surface area (Å²) in [5, 5.41) is 9.57. The van der Waals surface area contributed by atoms with Gasteiger partial charge in [0.1, 0.15) is 5.75 Å². The molecule has 1 aromatic carbocycles. The summed E-state index contributed by atoms with van der Waals surface area (Å²) >= 11 is 0. The molecule has 1 N–H and O–H groups in total. The molecule has 0 saturated heterocycles. The summed E-state index contributed by atoms with van der Waals surface area (Å²) < 4.78 is 5.04. The van der Waals surface area contributed by atoms with Crippen molar-refractivity contribution in [2.75, 3.05) is 7.11 Å². The largest absolute Gasteiger partial charge is 0.497 e. The van der Waals surface area contributed by atoms with Gasteiger partial charge in [0.05, 0.1) is 18.2 Å². The number of carboxylic acids is 1. The summed E-state index contributed by atoms with van der Waals surface area (Å²) in [5.41, 5.74) is 0.872. The molecule has 0 fully saturated rings. The van der Waals surface area contributed by atoms with E-state index in [2.05, 4.69) is 4.98 Å². The van der Waals surface area contributed by atoms with Crippen LogP contribution in [-0.2, 0) is 0 Å². The lowest BCUT2D eigenvalue weighted by Crippen LogP contribution is -1.98. The maximum atomic E-state index is 10.9. The number of carboxylic acid groups (broad SMARTS) is 1. The number of ether oxygens (including phenoxy) is 1. The maximum absolute atomic E-state index is 10.9. The van der Waals surface area contributed by atoms with Crippen molar-refractivity contribution < 1.29 is 14.6 Å². The van der Waals surface area contributed by atoms with Crippen molar-refractivity contribution in [3.05, 3.63) is 36.0 Å². The van der Waals surface area contributed by atoms with Crippen molar-refractivity contribution in [1.29, 1.82) is 0 Å². The van der Waals surface area contributed by atoms with Gasteiger partial charge in [0.15, 0.2) is 0 Å². The highest BCUT2D eigenvalue weighted by Crippen LogP contribution is 2.21. The SMILES string of the molecule is COc1ccc2c(C(=O)O)ccnc2c1. The predicted octanol–water partition coefficient (Wildman–Crippen LogP) is 1.94. The van der Waals surface area contributed by atoms with Gasteiger partial charge in [0.2, 0.25) is 0 Å². The second kappa shape index (κ2) is 3.57. The molecule has 4 nitrogen and oxygen atoms in total. The van der Waals surface area contributed by atoms with E-state index in [0.717, 1.165) is 0 Å². The molecule has 1 aromatic heterocycles. The normalized spacial score (nSPS) is 10.2. The highest BCUT2D eigenvalue weighted by atomic mass is 16.5. The second-order valence-corrected chi connectivity index (χ2v) is 3.05. The Bertz CT molecular complexity index is 522. The number of carbonyl (C=O) groups is 1. The van der Waals surface area contributed by atoms with E-state index in [4.69, 9.17) is 9.84 Å². The van der Waals surface area contributed by atoms with Crippen molar-refractivity contribution in [1.82, 2.24) is 4.98 Å². The van der Waals surface area contributed by atoms with Crippen molar-refractivity contribution in [3.63, 3.8) is 0 Å². The number of rotatable bonds is 2. The van der Waals surface area contributed by atoms with Crippen LogP contribution < -0.4 is 4.74 Å². The quantitative estimate of drug-likeness (QED) is 0.810. The number of aromatic carboxylic acids is 1. The van der Waals surface area contributed by atoms with Gasteiger partial charge in [-0.2, -0.15) is 0 Å². The van der Waals surface area contributed by atoms with Gasteiger partial charge in [-0.25, -0.2) is 4.79 Å². The smallest absolute Gasteiger partial charge is 0.336 e. The minimum Gasteiger partial charge on any atom is -0.497 e. The molecule has 2 rings (SSSR count). The average Bonchev–Trinajstić information content (AvgIpc) is 2.27. The van der Waals surface area contributed by atoms with E-state index in [0.29, 0.717) is 16.7 Å². The van der Waals surface area contributed by atoms with Crippen molar-refractivity contribution in [2.45, 2.75) is 0 Å². The van der Waals surface area contributed by atoms with Gasteiger partial charge < -0.3 is 9.84 Å². The number of pyridine rings is 1. The zero-order valence-corrected chi connectivity index (χ0v) is 8.10. The Morgan fingerprint density at radius 2 is 2.20 bits per heavy atom. The van der Waals surface area contributed by atoms with Crippen LogP contribution in [0.25, 0.3) is 10.9 Å². The molecular formula is C11H9NO3. The third-order valence-electron chi connectivity index (χ3n) is 2.18. The van der Waals surface area contributed by atoms with Crippen LogP contribution >= 0.6 is 0 Å². The van der Waals surface area contributed by atoms with Crippen LogP contribution in [0.4, 0.5) is 0 Å². The lowest BCUT2D eigenvalue weighted by Gasteiger charge is -2.03. The monoisotopic (exact) mass is 203 g/mol. The summed E-state index contributed by atoms with van der Waals surface area (Å²) in [6, 6.07) is 6.61. The number of hydrogen-bond donors (Lipinski definition) is 1. The number of hydrogen-bond acceptors (Lipinski definition) is 3. The molecule has 15 heavy (non-hydrogen) atoms. The summed E-state index contributed by atoms with van der Waals surface area (Å²) in [7, 11) is 1.56. The fraction of sp³-hybridized carbons (Fsp3) is 0.0909. The van der Waals surface area contributed by atoms with Crippen molar-refractivity contribution >= 4 is 16.9 Å². The maximum Gasteiger partial charge on any atom is 0.336 e. The van der Waals surface area contributed by atoms with Crippen LogP contribution in [0.3, 0.4) is 0 Å². The molecule has 0 aliphatic heterocycles. The lowest BCUT2D eigenvalue weighted by molar-refractivity contribution is 0.0699. The fourth-order valence-electron chi connectivity index (χ4n) is 1.44. The molecule has 0 amide bonds. The molecule has 4 heteroatoms. The summed E-state index contributed by atoms with van der Waals surface area (Å²) in [6.07, 6.45) is 1.48. The number of fused-ring (bicyclic) bond motifs is 1. The van der Waals surface area contributed by atoms with Gasteiger partial charge in [-0.3, -0.25) is 4.98 Å². The molecule has 0 saturated carbocycles. The highest BCUT2D eigenvalue weighted by molar-refractivity contribution is 6.02. The van der Waals surface area contributed by atoms with Crippen molar-refractivity contribution in [2.24, 2.45) is 0 Å². The molecule has 0 radical (unpaired) electrons. The topological polar surface area (TPSA) is 59.4 Å². The van der Waals surface area contributed by atoms with E-state index in [9.17, 15) is 4.79 Å². The van der Waals surface area contributed by atoms with Gasteiger partial charge in [-0.1, -0.05) is 0 Å². The minimum absolute atomic E-state index is 0.252. The first-order valence-electron chi connectivity index (χ1n) is 4.38. The molecule has 0 bridgehead atoms. The standard InChI is InChI=1S/C11H9NO3/c1-15-7-2-3-8-9(11(13)14)4-5-12-10(8)6-7/h2-6H,1H3,(H,13,14). The number of benzene rings is 1. The molecule has 0 unspecified atom stereocenters. The van der Waals surface area contributed by atoms with E-state index in [1.165, 1.54) is 12.3 Å². The molecule has 1 heterocycles. The Hall–Kier alpha value is -2.10. The van der Waals surface area contributed by atoms with Crippen LogP contribution in [-0.4, -0.2) is 23.2 Å². The van der Waals surface area contributed by atoms with Crippen LogP contribution in [0.2, 0.25) is 0 Å². The third kappa shape index (κ3) is 1.61. The number of methoxy groups -OCH3 is 1. The first kappa shape index (κ1) is 9.45.